The summed E-state index contributed by atoms with van der Waals surface area (Å²) < 4.78 is 16.9. The number of hydrogen-bond acceptors (Lipinski definition) is 4. The lowest BCUT2D eigenvalue weighted by molar-refractivity contribution is -0.127. The standard InChI is InChI=1S/C15H18O4/c1-14(2)6-5-9-7-10-12(8-11(9)17-14)18-15(3,4)19-13(10)16/h7-8H,5-6H2,1-4H3. The Bertz CT molecular complexity index is 558. The molecule has 4 heteroatoms. The van der Waals surface area contributed by atoms with Crippen molar-refractivity contribution in [2.45, 2.75) is 51.9 Å². The van der Waals surface area contributed by atoms with E-state index in [1.165, 1.54) is 0 Å². The Morgan fingerprint density at radius 3 is 2.47 bits per heavy atom. The number of carbonyl (C=O) groups is 1. The summed E-state index contributed by atoms with van der Waals surface area (Å²) in [6.45, 7) is 7.57. The van der Waals surface area contributed by atoms with Gasteiger partial charge in [0.15, 0.2) is 0 Å². The lowest BCUT2D eigenvalue weighted by Gasteiger charge is -2.36. The van der Waals surface area contributed by atoms with E-state index in [0.717, 1.165) is 24.2 Å². The smallest absolute Gasteiger partial charge is 0.345 e. The first-order valence-corrected chi connectivity index (χ1v) is 6.54. The van der Waals surface area contributed by atoms with Gasteiger partial charge in [0, 0.05) is 19.9 Å². The molecule has 19 heavy (non-hydrogen) atoms. The van der Waals surface area contributed by atoms with Crippen molar-refractivity contribution in [1.82, 2.24) is 0 Å². The van der Waals surface area contributed by atoms with Crippen LogP contribution in [0.4, 0.5) is 0 Å². The number of esters is 1. The molecule has 0 unspecified atom stereocenters. The molecule has 4 nitrogen and oxygen atoms in total. The van der Waals surface area contributed by atoms with Crippen LogP contribution in [0.3, 0.4) is 0 Å². The molecule has 3 rings (SSSR count). The van der Waals surface area contributed by atoms with Crippen LogP contribution >= 0.6 is 0 Å². The van der Waals surface area contributed by atoms with Gasteiger partial charge in [-0.05, 0) is 38.3 Å². The van der Waals surface area contributed by atoms with E-state index in [-0.39, 0.29) is 11.6 Å². The van der Waals surface area contributed by atoms with Gasteiger partial charge in [-0.3, -0.25) is 0 Å². The van der Waals surface area contributed by atoms with Crippen LogP contribution in [0.1, 0.15) is 50.0 Å². The van der Waals surface area contributed by atoms with E-state index in [0.29, 0.717) is 11.3 Å². The molecule has 0 atom stereocenters. The second kappa shape index (κ2) is 3.65. The number of aryl methyl sites for hydroxylation is 1. The zero-order valence-electron chi connectivity index (χ0n) is 11.7. The molecule has 0 N–H and O–H groups in total. The lowest BCUT2D eigenvalue weighted by Crippen LogP contribution is -2.39. The summed E-state index contributed by atoms with van der Waals surface area (Å²) in [5.74, 6) is 0.0831. The van der Waals surface area contributed by atoms with Gasteiger partial charge in [0.25, 0.3) is 0 Å². The zero-order valence-corrected chi connectivity index (χ0v) is 11.7. The highest BCUT2D eigenvalue weighted by Gasteiger charge is 2.36. The lowest BCUT2D eigenvalue weighted by atomic mass is 9.93. The van der Waals surface area contributed by atoms with Crippen molar-refractivity contribution < 1.29 is 19.0 Å². The Morgan fingerprint density at radius 1 is 1.00 bits per heavy atom. The third-order valence-electron chi connectivity index (χ3n) is 3.46. The number of rotatable bonds is 0. The highest BCUT2D eigenvalue weighted by atomic mass is 16.7. The molecule has 0 aromatic heterocycles. The molecule has 0 spiro atoms. The minimum atomic E-state index is -0.928. The van der Waals surface area contributed by atoms with Crippen LogP contribution in [0.5, 0.6) is 11.5 Å². The molecule has 0 radical (unpaired) electrons. The largest absolute Gasteiger partial charge is 0.487 e. The fourth-order valence-corrected chi connectivity index (χ4v) is 2.49. The van der Waals surface area contributed by atoms with Gasteiger partial charge in [0.1, 0.15) is 22.7 Å². The van der Waals surface area contributed by atoms with Gasteiger partial charge >= 0.3 is 5.97 Å². The van der Waals surface area contributed by atoms with E-state index in [1.54, 1.807) is 13.8 Å². The molecule has 1 aromatic rings. The summed E-state index contributed by atoms with van der Waals surface area (Å²) in [7, 11) is 0. The van der Waals surface area contributed by atoms with Crippen LogP contribution < -0.4 is 9.47 Å². The number of benzene rings is 1. The Balaban J connectivity index is 2.06. The molecule has 2 aliphatic rings. The second-order valence-electron chi connectivity index (χ2n) is 6.21. The maximum absolute atomic E-state index is 12.0. The highest BCUT2D eigenvalue weighted by Crippen LogP contribution is 2.40. The van der Waals surface area contributed by atoms with Crippen molar-refractivity contribution in [2.24, 2.45) is 0 Å². The molecular formula is C15H18O4. The minimum absolute atomic E-state index is 0.175. The van der Waals surface area contributed by atoms with E-state index in [1.807, 2.05) is 12.1 Å². The number of fused-ring (bicyclic) bond motifs is 2. The van der Waals surface area contributed by atoms with Crippen molar-refractivity contribution in [3.8, 4) is 11.5 Å². The molecule has 102 valence electrons. The summed E-state index contributed by atoms with van der Waals surface area (Å²) in [5, 5.41) is 0. The highest BCUT2D eigenvalue weighted by molar-refractivity contribution is 5.94. The summed E-state index contributed by atoms with van der Waals surface area (Å²) in [4.78, 5) is 12.0. The molecule has 1 aromatic carbocycles. The molecule has 0 amide bonds. The molecule has 0 fully saturated rings. The van der Waals surface area contributed by atoms with Crippen molar-refractivity contribution >= 4 is 5.97 Å². The fourth-order valence-electron chi connectivity index (χ4n) is 2.49. The first-order chi connectivity index (χ1) is 8.76. The SMILES string of the molecule is CC1(C)CCc2cc3c(cc2O1)OC(C)(C)OC3=O. The van der Waals surface area contributed by atoms with Crippen LogP contribution in [-0.4, -0.2) is 17.4 Å². The second-order valence-corrected chi connectivity index (χ2v) is 6.21. The van der Waals surface area contributed by atoms with Gasteiger partial charge in [-0.25, -0.2) is 4.79 Å². The Hall–Kier alpha value is -1.71. The molecule has 0 saturated carbocycles. The summed E-state index contributed by atoms with van der Waals surface area (Å²) in [6.07, 6.45) is 1.83. The predicted octanol–water partition coefficient (Wildman–Crippen LogP) is 3.08. The van der Waals surface area contributed by atoms with Gasteiger partial charge in [-0.2, -0.15) is 0 Å². The fraction of sp³-hybridized carbons (Fsp3) is 0.533. The van der Waals surface area contributed by atoms with E-state index in [9.17, 15) is 4.79 Å². The van der Waals surface area contributed by atoms with Crippen LogP contribution in [0.15, 0.2) is 12.1 Å². The van der Waals surface area contributed by atoms with E-state index in [4.69, 9.17) is 14.2 Å². The summed E-state index contributed by atoms with van der Waals surface area (Å²) in [6, 6.07) is 3.64. The topological polar surface area (TPSA) is 44.8 Å². The number of ether oxygens (including phenoxy) is 3. The summed E-state index contributed by atoms with van der Waals surface area (Å²) in [5.41, 5.74) is 1.35. The molecular weight excluding hydrogens is 244 g/mol. The van der Waals surface area contributed by atoms with Crippen LogP contribution in [-0.2, 0) is 11.2 Å². The Kier molecular flexibility index (Phi) is 2.37. The van der Waals surface area contributed by atoms with Crippen LogP contribution in [0, 0.1) is 0 Å². The van der Waals surface area contributed by atoms with Crippen molar-refractivity contribution in [2.75, 3.05) is 0 Å². The van der Waals surface area contributed by atoms with E-state index >= 15 is 0 Å². The third-order valence-corrected chi connectivity index (χ3v) is 3.46. The molecule has 0 bridgehead atoms. The molecule has 0 aliphatic carbocycles. The molecule has 2 heterocycles. The maximum atomic E-state index is 12.0. The average molecular weight is 262 g/mol. The van der Waals surface area contributed by atoms with E-state index in [2.05, 4.69) is 13.8 Å². The maximum Gasteiger partial charge on any atom is 0.345 e. The van der Waals surface area contributed by atoms with Gasteiger partial charge in [0.2, 0.25) is 5.79 Å². The average Bonchev–Trinajstić information content (AvgIpc) is 2.24. The normalized spacial score (nSPS) is 22.4. The third kappa shape index (κ3) is 2.15. The quantitative estimate of drug-likeness (QED) is 0.674. The van der Waals surface area contributed by atoms with Gasteiger partial charge < -0.3 is 14.2 Å². The number of hydrogen-bond donors (Lipinski definition) is 0. The first-order valence-electron chi connectivity index (χ1n) is 6.54. The van der Waals surface area contributed by atoms with Gasteiger partial charge in [-0.15, -0.1) is 0 Å². The predicted molar refractivity (Wildman–Crippen MR) is 69.6 cm³/mol. The zero-order chi connectivity index (χ0) is 13.8. The minimum Gasteiger partial charge on any atom is -0.487 e. The van der Waals surface area contributed by atoms with Gasteiger partial charge in [0.05, 0.1) is 0 Å². The Morgan fingerprint density at radius 2 is 1.74 bits per heavy atom. The van der Waals surface area contributed by atoms with Crippen molar-refractivity contribution in [3.05, 3.63) is 23.3 Å². The van der Waals surface area contributed by atoms with Crippen molar-refractivity contribution in [3.63, 3.8) is 0 Å². The first kappa shape index (κ1) is 12.3. The van der Waals surface area contributed by atoms with Crippen molar-refractivity contribution in [1.29, 1.82) is 0 Å². The monoisotopic (exact) mass is 262 g/mol. The molecule has 2 aliphatic heterocycles. The van der Waals surface area contributed by atoms with Gasteiger partial charge in [-0.1, -0.05) is 0 Å². The number of cyclic esters (lactones) is 1. The van der Waals surface area contributed by atoms with E-state index < -0.39 is 5.79 Å². The van der Waals surface area contributed by atoms with Crippen LogP contribution in [0.2, 0.25) is 0 Å². The summed E-state index contributed by atoms with van der Waals surface area (Å²) >= 11 is 0. The molecule has 0 saturated heterocycles. The van der Waals surface area contributed by atoms with Crippen LogP contribution in [0.25, 0.3) is 0 Å². The Labute approximate surface area is 112 Å². The number of carbonyl (C=O) groups excluding carboxylic acids is 1.